The molecule has 0 atom stereocenters. The minimum Gasteiger partial charge on any atom is -0.372 e. The van der Waals surface area contributed by atoms with Crippen molar-refractivity contribution in [1.82, 2.24) is 5.32 Å². The zero-order valence-corrected chi connectivity index (χ0v) is 14.0. The summed E-state index contributed by atoms with van der Waals surface area (Å²) in [5.41, 5.74) is 2.09. The van der Waals surface area contributed by atoms with Gasteiger partial charge in [-0.15, -0.1) is 0 Å². The first kappa shape index (κ1) is 17.5. The smallest absolute Gasteiger partial charge is 0.225 e. The van der Waals surface area contributed by atoms with Crippen LogP contribution < -0.4 is 15.5 Å². The zero-order valence-electron chi connectivity index (χ0n) is 14.0. The van der Waals surface area contributed by atoms with Crippen LogP contribution in [0.1, 0.15) is 41.0 Å². The van der Waals surface area contributed by atoms with E-state index in [0.29, 0.717) is 13.0 Å². The maximum Gasteiger partial charge on any atom is 0.225 e. The van der Waals surface area contributed by atoms with Gasteiger partial charge in [0.05, 0.1) is 0 Å². The number of benzene rings is 1. The van der Waals surface area contributed by atoms with E-state index in [1.54, 1.807) is 0 Å². The molecular weight excluding hydrogens is 262 g/mol. The number of anilines is 2. The molecule has 1 rings (SSSR count). The lowest BCUT2D eigenvalue weighted by Crippen LogP contribution is -2.37. The molecule has 0 fully saturated rings. The Morgan fingerprint density at radius 3 is 2.14 bits per heavy atom. The predicted molar refractivity (Wildman–Crippen MR) is 91.0 cm³/mol. The molecule has 0 aliphatic heterocycles. The Labute approximate surface area is 128 Å². The molecule has 118 valence electrons. The van der Waals surface area contributed by atoms with Gasteiger partial charge >= 0.3 is 0 Å². The Morgan fingerprint density at radius 1 is 1.10 bits per heavy atom. The van der Waals surface area contributed by atoms with Gasteiger partial charge in [0.1, 0.15) is 0 Å². The van der Waals surface area contributed by atoms with E-state index in [-0.39, 0.29) is 11.4 Å². The van der Waals surface area contributed by atoms with Crippen LogP contribution >= 0.6 is 0 Å². The Bertz CT molecular complexity index is 430. The molecule has 0 saturated heterocycles. The fourth-order valence-electron chi connectivity index (χ4n) is 2.12. The third-order valence-corrected chi connectivity index (χ3v) is 3.29. The van der Waals surface area contributed by atoms with E-state index in [4.69, 9.17) is 0 Å². The standard InChI is InChI=1S/C17H29N3O/c1-6-20(7-2)15-10-8-14(9-11-15)19-16(21)12-13-18-17(3,4)5/h8-11,18H,6-7,12-13H2,1-5H3,(H,19,21). The number of carbonyl (C=O) groups excluding carboxylic acids is 1. The minimum absolute atomic E-state index is 0.0438. The van der Waals surface area contributed by atoms with Gasteiger partial charge in [0, 0.05) is 43.0 Å². The van der Waals surface area contributed by atoms with Crippen molar-refractivity contribution in [2.45, 2.75) is 46.6 Å². The molecule has 0 aliphatic rings. The van der Waals surface area contributed by atoms with Crippen LogP contribution in [0.25, 0.3) is 0 Å². The minimum atomic E-state index is 0.0438. The molecule has 1 aromatic carbocycles. The summed E-state index contributed by atoms with van der Waals surface area (Å²) in [5.74, 6) is 0.0438. The highest BCUT2D eigenvalue weighted by molar-refractivity contribution is 5.91. The predicted octanol–water partition coefficient (Wildman–Crippen LogP) is 3.25. The van der Waals surface area contributed by atoms with Crippen molar-refractivity contribution in [3.05, 3.63) is 24.3 Å². The van der Waals surface area contributed by atoms with Crippen LogP contribution in [0.15, 0.2) is 24.3 Å². The van der Waals surface area contributed by atoms with Crippen LogP contribution in [-0.2, 0) is 4.79 Å². The molecule has 1 aromatic rings. The van der Waals surface area contributed by atoms with Crippen molar-refractivity contribution in [1.29, 1.82) is 0 Å². The number of rotatable bonds is 7. The largest absolute Gasteiger partial charge is 0.372 e. The second kappa shape index (κ2) is 8.03. The summed E-state index contributed by atoms with van der Waals surface area (Å²) in [5, 5.41) is 6.24. The highest BCUT2D eigenvalue weighted by atomic mass is 16.1. The average Bonchev–Trinajstić information content (AvgIpc) is 2.40. The van der Waals surface area contributed by atoms with Gasteiger partial charge in [0.2, 0.25) is 5.91 Å². The zero-order chi connectivity index (χ0) is 15.9. The first-order valence-corrected chi connectivity index (χ1v) is 7.75. The summed E-state index contributed by atoms with van der Waals surface area (Å²) in [6.07, 6.45) is 0.481. The Morgan fingerprint density at radius 2 is 1.67 bits per heavy atom. The number of nitrogens with one attached hydrogen (secondary N) is 2. The van der Waals surface area contributed by atoms with Crippen molar-refractivity contribution in [2.75, 3.05) is 29.9 Å². The quantitative estimate of drug-likeness (QED) is 0.810. The second-order valence-electron chi connectivity index (χ2n) is 6.19. The Balaban J connectivity index is 2.46. The van der Waals surface area contributed by atoms with Gasteiger partial charge in [-0.1, -0.05) is 0 Å². The van der Waals surface area contributed by atoms with Crippen molar-refractivity contribution >= 4 is 17.3 Å². The number of hydrogen-bond acceptors (Lipinski definition) is 3. The molecule has 0 aromatic heterocycles. The summed E-state index contributed by atoms with van der Waals surface area (Å²) in [7, 11) is 0. The Hall–Kier alpha value is -1.55. The van der Waals surface area contributed by atoms with E-state index in [2.05, 4.69) is 62.3 Å². The topological polar surface area (TPSA) is 44.4 Å². The molecule has 0 saturated carbocycles. The van der Waals surface area contributed by atoms with Crippen LogP contribution in [0, 0.1) is 0 Å². The fraction of sp³-hybridized carbons (Fsp3) is 0.588. The Kier molecular flexibility index (Phi) is 6.69. The lowest BCUT2D eigenvalue weighted by molar-refractivity contribution is -0.116. The van der Waals surface area contributed by atoms with Gasteiger partial charge in [-0.05, 0) is 58.9 Å². The summed E-state index contributed by atoms with van der Waals surface area (Å²) in [6, 6.07) is 8.03. The molecule has 2 N–H and O–H groups in total. The number of amides is 1. The number of hydrogen-bond donors (Lipinski definition) is 2. The molecular formula is C17H29N3O. The normalized spacial score (nSPS) is 11.3. The molecule has 0 heterocycles. The summed E-state index contributed by atoms with van der Waals surface area (Å²) < 4.78 is 0. The molecule has 0 bridgehead atoms. The van der Waals surface area contributed by atoms with Gasteiger partial charge in [0.15, 0.2) is 0 Å². The van der Waals surface area contributed by atoms with E-state index in [1.807, 2.05) is 12.1 Å². The number of nitrogens with zero attached hydrogens (tertiary/aromatic N) is 1. The van der Waals surface area contributed by atoms with Crippen LogP contribution in [0.2, 0.25) is 0 Å². The first-order chi connectivity index (χ1) is 9.85. The maximum atomic E-state index is 11.9. The van der Waals surface area contributed by atoms with Gasteiger partial charge in [-0.25, -0.2) is 0 Å². The highest BCUT2D eigenvalue weighted by Gasteiger charge is 2.10. The molecule has 1 amide bonds. The van der Waals surface area contributed by atoms with Crippen LogP contribution in [0.3, 0.4) is 0 Å². The lowest BCUT2D eigenvalue weighted by atomic mass is 10.1. The third-order valence-electron chi connectivity index (χ3n) is 3.29. The van der Waals surface area contributed by atoms with Crippen molar-refractivity contribution in [3.63, 3.8) is 0 Å². The maximum absolute atomic E-state index is 11.9. The van der Waals surface area contributed by atoms with Crippen LogP contribution in [0.4, 0.5) is 11.4 Å². The molecule has 4 heteroatoms. The molecule has 21 heavy (non-hydrogen) atoms. The molecule has 4 nitrogen and oxygen atoms in total. The van der Waals surface area contributed by atoms with E-state index in [1.165, 1.54) is 5.69 Å². The third kappa shape index (κ3) is 6.63. The average molecular weight is 291 g/mol. The van der Waals surface area contributed by atoms with Gasteiger partial charge in [-0.2, -0.15) is 0 Å². The molecule has 0 spiro atoms. The van der Waals surface area contributed by atoms with Crippen LogP contribution in [0.5, 0.6) is 0 Å². The van der Waals surface area contributed by atoms with Crippen LogP contribution in [-0.4, -0.2) is 31.1 Å². The molecule has 0 aliphatic carbocycles. The first-order valence-electron chi connectivity index (χ1n) is 7.75. The highest BCUT2D eigenvalue weighted by Crippen LogP contribution is 2.17. The van der Waals surface area contributed by atoms with Gasteiger partial charge in [-0.3, -0.25) is 4.79 Å². The summed E-state index contributed by atoms with van der Waals surface area (Å²) in [6.45, 7) is 13.2. The van der Waals surface area contributed by atoms with E-state index in [0.717, 1.165) is 18.8 Å². The molecule has 0 radical (unpaired) electrons. The lowest BCUT2D eigenvalue weighted by Gasteiger charge is -2.21. The fourth-order valence-corrected chi connectivity index (χ4v) is 2.12. The van der Waals surface area contributed by atoms with E-state index < -0.39 is 0 Å². The van der Waals surface area contributed by atoms with Gasteiger partial charge in [0.25, 0.3) is 0 Å². The van der Waals surface area contributed by atoms with Crippen molar-refractivity contribution in [2.24, 2.45) is 0 Å². The number of carbonyl (C=O) groups is 1. The monoisotopic (exact) mass is 291 g/mol. The summed E-state index contributed by atoms with van der Waals surface area (Å²) >= 11 is 0. The SMILES string of the molecule is CCN(CC)c1ccc(NC(=O)CCNC(C)(C)C)cc1. The second-order valence-corrected chi connectivity index (χ2v) is 6.19. The molecule has 0 unspecified atom stereocenters. The van der Waals surface area contributed by atoms with E-state index in [9.17, 15) is 4.79 Å². The van der Waals surface area contributed by atoms with E-state index >= 15 is 0 Å². The van der Waals surface area contributed by atoms with Crippen molar-refractivity contribution < 1.29 is 4.79 Å². The van der Waals surface area contributed by atoms with Crippen molar-refractivity contribution in [3.8, 4) is 0 Å². The summed E-state index contributed by atoms with van der Waals surface area (Å²) in [4.78, 5) is 14.1. The van der Waals surface area contributed by atoms with Gasteiger partial charge < -0.3 is 15.5 Å².